The van der Waals surface area contributed by atoms with Gasteiger partial charge in [-0.25, -0.2) is 0 Å². The summed E-state index contributed by atoms with van der Waals surface area (Å²) >= 11 is 0. The van der Waals surface area contributed by atoms with Gasteiger partial charge in [0.1, 0.15) is 16.9 Å². The standard InChI is InChI=1S/C16H32N6/c1-15(2,13(17)21-9-5-6-10-21)19-20-16(3,4)14(18)22-11-7-8-12-22/h13,18H,5-12,17H2,1-4H3. The lowest BCUT2D eigenvalue weighted by atomic mass is 10.0. The Morgan fingerprint density at radius 3 is 2.00 bits per heavy atom. The summed E-state index contributed by atoms with van der Waals surface area (Å²) in [7, 11) is 0. The van der Waals surface area contributed by atoms with E-state index in [0.717, 1.165) is 26.2 Å². The van der Waals surface area contributed by atoms with Gasteiger partial charge in [-0.1, -0.05) is 0 Å². The van der Waals surface area contributed by atoms with Crippen LogP contribution in [0.5, 0.6) is 0 Å². The molecule has 2 fully saturated rings. The molecule has 2 aliphatic rings. The molecule has 0 bridgehead atoms. The summed E-state index contributed by atoms with van der Waals surface area (Å²) < 4.78 is 0. The van der Waals surface area contributed by atoms with Crippen LogP contribution in [0.15, 0.2) is 10.2 Å². The van der Waals surface area contributed by atoms with Gasteiger partial charge in [0.15, 0.2) is 0 Å². The van der Waals surface area contributed by atoms with Crippen LogP contribution in [0, 0.1) is 5.41 Å². The molecular formula is C16H32N6. The molecule has 0 spiro atoms. The van der Waals surface area contributed by atoms with E-state index in [9.17, 15) is 0 Å². The second kappa shape index (κ2) is 6.62. The van der Waals surface area contributed by atoms with E-state index in [4.69, 9.17) is 11.1 Å². The van der Waals surface area contributed by atoms with Crippen molar-refractivity contribution < 1.29 is 0 Å². The predicted molar refractivity (Wildman–Crippen MR) is 90.3 cm³/mol. The van der Waals surface area contributed by atoms with Gasteiger partial charge in [-0.3, -0.25) is 10.3 Å². The number of nitrogens with zero attached hydrogens (tertiary/aromatic N) is 4. The highest BCUT2D eigenvalue weighted by atomic mass is 15.3. The lowest BCUT2D eigenvalue weighted by Crippen LogP contribution is -2.53. The molecule has 2 rings (SSSR count). The maximum atomic E-state index is 8.40. The SMILES string of the molecule is CC(C)(N=NC(C)(C)C(N)N1CCCC1)C(=N)N1CCCC1. The monoisotopic (exact) mass is 308 g/mol. The highest BCUT2D eigenvalue weighted by molar-refractivity contribution is 5.88. The zero-order valence-electron chi connectivity index (χ0n) is 14.6. The fourth-order valence-corrected chi connectivity index (χ4v) is 3.15. The molecule has 0 amide bonds. The summed E-state index contributed by atoms with van der Waals surface area (Å²) in [6, 6.07) is 0. The van der Waals surface area contributed by atoms with Crippen LogP contribution in [0.3, 0.4) is 0 Å². The summed E-state index contributed by atoms with van der Waals surface area (Å²) in [6.07, 6.45) is 4.65. The first-order chi connectivity index (χ1) is 10.2. The minimum Gasteiger partial charge on any atom is -0.358 e. The van der Waals surface area contributed by atoms with Gasteiger partial charge in [-0.2, -0.15) is 10.2 Å². The van der Waals surface area contributed by atoms with Gasteiger partial charge in [0, 0.05) is 13.1 Å². The zero-order valence-corrected chi connectivity index (χ0v) is 14.6. The number of amidine groups is 1. The molecule has 22 heavy (non-hydrogen) atoms. The lowest BCUT2D eigenvalue weighted by Gasteiger charge is -2.35. The summed E-state index contributed by atoms with van der Waals surface area (Å²) in [4.78, 5) is 4.41. The molecule has 1 atom stereocenters. The molecule has 1 unspecified atom stereocenters. The number of hydrogen-bond acceptors (Lipinski definition) is 5. The summed E-state index contributed by atoms with van der Waals surface area (Å²) in [5.74, 6) is 0.569. The number of nitrogens with one attached hydrogen (secondary N) is 1. The van der Waals surface area contributed by atoms with Crippen molar-refractivity contribution in [2.75, 3.05) is 26.2 Å². The Hall–Kier alpha value is -1.01. The lowest BCUT2D eigenvalue weighted by molar-refractivity contribution is 0.167. The average Bonchev–Trinajstić information content (AvgIpc) is 3.16. The van der Waals surface area contributed by atoms with Crippen molar-refractivity contribution in [2.45, 2.75) is 70.6 Å². The fraction of sp³-hybridized carbons (Fsp3) is 0.938. The van der Waals surface area contributed by atoms with E-state index in [1.807, 2.05) is 27.7 Å². The maximum absolute atomic E-state index is 8.40. The Morgan fingerprint density at radius 1 is 0.955 bits per heavy atom. The number of azo groups is 1. The van der Waals surface area contributed by atoms with Gasteiger partial charge in [0.05, 0.1) is 6.17 Å². The maximum Gasteiger partial charge on any atom is 0.132 e. The molecule has 6 nitrogen and oxygen atoms in total. The van der Waals surface area contributed by atoms with Crippen LogP contribution < -0.4 is 5.73 Å². The van der Waals surface area contributed by atoms with E-state index >= 15 is 0 Å². The molecule has 0 aromatic carbocycles. The van der Waals surface area contributed by atoms with Crippen LogP contribution in [0.1, 0.15) is 53.4 Å². The second-order valence-corrected chi connectivity index (χ2v) is 7.64. The first-order valence-corrected chi connectivity index (χ1v) is 8.52. The van der Waals surface area contributed by atoms with Gasteiger partial charge < -0.3 is 10.6 Å². The van der Waals surface area contributed by atoms with Gasteiger partial charge in [0.2, 0.25) is 0 Å². The molecule has 0 radical (unpaired) electrons. The molecular weight excluding hydrogens is 276 g/mol. The molecule has 6 heteroatoms. The number of hydrogen-bond donors (Lipinski definition) is 2. The van der Waals surface area contributed by atoms with Gasteiger partial charge >= 0.3 is 0 Å². The number of nitrogens with two attached hydrogens (primary N) is 1. The quantitative estimate of drug-likeness (QED) is 0.465. The van der Waals surface area contributed by atoms with Crippen LogP contribution in [0.25, 0.3) is 0 Å². The van der Waals surface area contributed by atoms with Crippen molar-refractivity contribution in [3.63, 3.8) is 0 Å². The average molecular weight is 308 g/mol. The minimum atomic E-state index is -0.591. The Labute approximate surface area is 134 Å². The topological polar surface area (TPSA) is 81.1 Å². The Bertz CT molecular complexity index is 416. The molecule has 0 aromatic rings. The van der Waals surface area contributed by atoms with E-state index in [1.54, 1.807) is 0 Å². The molecule has 0 saturated carbocycles. The smallest absolute Gasteiger partial charge is 0.132 e. The van der Waals surface area contributed by atoms with E-state index in [2.05, 4.69) is 20.0 Å². The molecule has 0 aromatic heterocycles. The number of rotatable bonds is 5. The first-order valence-electron chi connectivity index (χ1n) is 8.52. The third kappa shape index (κ3) is 3.84. The molecule has 2 saturated heterocycles. The summed E-state index contributed by atoms with van der Waals surface area (Å²) in [5, 5.41) is 17.5. The Morgan fingerprint density at radius 2 is 1.45 bits per heavy atom. The number of likely N-dealkylation sites (tertiary alicyclic amines) is 2. The molecule has 0 aliphatic carbocycles. The van der Waals surface area contributed by atoms with Gasteiger partial charge in [0.25, 0.3) is 0 Å². The minimum absolute atomic E-state index is 0.115. The van der Waals surface area contributed by atoms with E-state index < -0.39 is 11.1 Å². The van der Waals surface area contributed by atoms with Gasteiger partial charge in [-0.15, -0.1) is 0 Å². The van der Waals surface area contributed by atoms with Crippen molar-refractivity contribution >= 4 is 5.84 Å². The van der Waals surface area contributed by atoms with Crippen molar-refractivity contribution in [3.05, 3.63) is 0 Å². The molecule has 2 heterocycles. The zero-order chi connectivity index (χ0) is 16.4. The molecule has 2 aliphatic heterocycles. The molecule has 126 valence electrons. The summed E-state index contributed by atoms with van der Waals surface area (Å²) in [5.41, 5.74) is 5.36. The van der Waals surface area contributed by atoms with Crippen LogP contribution in [0.4, 0.5) is 0 Å². The highest BCUT2D eigenvalue weighted by Crippen LogP contribution is 2.24. The van der Waals surface area contributed by atoms with Crippen molar-refractivity contribution in [3.8, 4) is 0 Å². The summed E-state index contributed by atoms with van der Waals surface area (Å²) in [6.45, 7) is 12.0. The fourth-order valence-electron chi connectivity index (χ4n) is 3.15. The highest BCUT2D eigenvalue weighted by Gasteiger charge is 2.35. The van der Waals surface area contributed by atoms with E-state index in [-0.39, 0.29) is 6.17 Å². The predicted octanol–water partition coefficient (Wildman–Crippen LogP) is 2.45. The van der Waals surface area contributed by atoms with Crippen LogP contribution in [-0.2, 0) is 0 Å². The molecule has 3 N–H and O–H groups in total. The largest absolute Gasteiger partial charge is 0.358 e. The second-order valence-electron chi connectivity index (χ2n) is 7.64. The normalized spacial score (nSPS) is 22.7. The van der Waals surface area contributed by atoms with Crippen LogP contribution in [0.2, 0.25) is 0 Å². The first kappa shape index (κ1) is 17.3. The van der Waals surface area contributed by atoms with Crippen molar-refractivity contribution in [1.82, 2.24) is 9.80 Å². The van der Waals surface area contributed by atoms with Crippen molar-refractivity contribution in [1.29, 1.82) is 5.41 Å². The van der Waals surface area contributed by atoms with Gasteiger partial charge in [-0.05, 0) is 66.5 Å². The van der Waals surface area contributed by atoms with E-state index in [1.165, 1.54) is 25.7 Å². The third-order valence-electron chi connectivity index (χ3n) is 4.82. The van der Waals surface area contributed by atoms with Crippen LogP contribution >= 0.6 is 0 Å². The van der Waals surface area contributed by atoms with E-state index in [0.29, 0.717) is 5.84 Å². The van der Waals surface area contributed by atoms with Crippen LogP contribution in [-0.4, -0.2) is 59.1 Å². The van der Waals surface area contributed by atoms with Crippen molar-refractivity contribution in [2.24, 2.45) is 16.0 Å². The Balaban J connectivity index is 2.02. The third-order valence-corrected chi connectivity index (χ3v) is 4.82. The Kier molecular flexibility index (Phi) is 5.22.